The monoisotopic (exact) mass is 392 g/mol. The Bertz CT molecular complexity index is 770. The van der Waals surface area contributed by atoms with Gasteiger partial charge in [0.05, 0.1) is 12.4 Å². The van der Waals surface area contributed by atoms with Crippen LogP contribution in [0.25, 0.3) is 0 Å². The topological polar surface area (TPSA) is 114 Å². The number of carbonyl (C=O) groups excluding carboxylic acids is 1. The fourth-order valence-electron chi connectivity index (χ4n) is 1.92. The molecule has 1 amide bonds. The van der Waals surface area contributed by atoms with Gasteiger partial charge in [0.2, 0.25) is 5.91 Å². The van der Waals surface area contributed by atoms with Crippen LogP contribution in [0, 0.1) is 6.92 Å². The maximum Gasteiger partial charge on any atom is 0.244 e. The van der Waals surface area contributed by atoms with Crippen LogP contribution in [0.4, 0.5) is 11.5 Å². The van der Waals surface area contributed by atoms with E-state index in [-0.39, 0.29) is 11.7 Å². The first kappa shape index (κ1) is 19.9. The highest BCUT2D eigenvalue weighted by Crippen LogP contribution is 2.18. The Balaban J connectivity index is 1.97. The number of hydrogen-bond acceptors (Lipinski definition) is 7. The van der Waals surface area contributed by atoms with E-state index in [1.54, 1.807) is 6.07 Å². The van der Waals surface area contributed by atoms with Crippen LogP contribution < -0.4 is 26.6 Å². The highest BCUT2D eigenvalue weighted by atomic mass is 32.2. The number of aromatic nitrogens is 2. The highest BCUT2D eigenvalue weighted by molar-refractivity contribution is 7.99. The van der Waals surface area contributed by atoms with Crippen molar-refractivity contribution in [2.75, 3.05) is 23.0 Å². The molecule has 0 aliphatic carbocycles. The predicted octanol–water partition coefficient (Wildman–Crippen LogP) is 2.07. The zero-order valence-corrected chi connectivity index (χ0v) is 16.0. The second-order valence-corrected chi connectivity index (χ2v) is 6.42. The first-order chi connectivity index (χ1) is 12.5. The van der Waals surface area contributed by atoms with Gasteiger partial charge < -0.3 is 15.4 Å². The van der Waals surface area contributed by atoms with E-state index in [1.807, 2.05) is 38.1 Å². The molecular weight excluding hydrogens is 372 g/mol. The van der Waals surface area contributed by atoms with Crippen molar-refractivity contribution in [1.29, 1.82) is 0 Å². The van der Waals surface area contributed by atoms with E-state index < -0.39 is 0 Å². The first-order valence-electron chi connectivity index (χ1n) is 7.79. The molecule has 5 N–H and O–H groups in total. The number of hydrogen-bond donors (Lipinski definition) is 4. The molecule has 0 spiro atoms. The summed E-state index contributed by atoms with van der Waals surface area (Å²) in [5, 5.41) is 6.94. The molecule has 1 aromatic carbocycles. The molecule has 0 atom stereocenters. The lowest BCUT2D eigenvalue weighted by Gasteiger charge is -2.12. The molecule has 26 heavy (non-hydrogen) atoms. The number of thioether (sulfide) groups is 1. The smallest absolute Gasteiger partial charge is 0.244 e. The van der Waals surface area contributed by atoms with E-state index in [0.29, 0.717) is 22.7 Å². The summed E-state index contributed by atoms with van der Waals surface area (Å²) in [6, 6.07) is 9.23. The largest absolute Gasteiger partial charge is 0.494 e. The number of hydrazine groups is 1. The van der Waals surface area contributed by atoms with E-state index in [9.17, 15) is 4.79 Å². The summed E-state index contributed by atoms with van der Waals surface area (Å²) in [6.45, 7) is 4.39. The lowest BCUT2D eigenvalue weighted by Crippen LogP contribution is -2.31. The number of nitrogens with two attached hydrogens (primary N) is 1. The normalized spacial score (nSPS) is 10.1. The molecule has 0 unspecified atom stereocenters. The third kappa shape index (κ3) is 6.47. The van der Waals surface area contributed by atoms with Crippen molar-refractivity contribution in [2.45, 2.75) is 19.0 Å². The second kappa shape index (κ2) is 9.90. The summed E-state index contributed by atoms with van der Waals surface area (Å²) in [7, 11) is 0. The number of anilines is 2. The van der Waals surface area contributed by atoms with Gasteiger partial charge in [-0.15, -0.1) is 0 Å². The molecule has 0 bridgehead atoms. The molecule has 1 heterocycles. The Hall–Kier alpha value is -2.43. The summed E-state index contributed by atoms with van der Waals surface area (Å²) >= 11 is 6.50. The minimum Gasteiger partial charge on any atom is -0.494 e. The van der Waals surface area contributed by atoms with Gasteiger partial charge in [-0.05, 0) is 50.3 Å². The van der Waals surface area contributed by atoms with E-state index in [1.165, 1.54) is 11.8 Å². The maximum absolute atomic E-state index is 11.2. The van der Waals surface area contributed by atoms with Gasteiger partial charge in [0.15, 0.2) is 10.3 Å². The molecule has 138 valence electrons. The van der Waals surface area contributed by atoms with Crippen LogP contribution >= 0.6 is 24.0 Å². The Morgan fingerprint density at radius 2 is 2.00 bits per heavy atom. The molecule has 0 radical (unpaired) electrons. The summed E-state index contributed by atoms with van der Waals surface area (Å²) in [5.41, 5.74) is 3.64. The number of benzene rings is 1. The van der Waals surface area contributed by atoms with Crippen LogP contribution in [0.15, 0.2) is 35.5 Å². The summed E-state index contributed by atoms with van der Waals surface area (Å²) in [5.74, 6) is 6.23. The summed E-state index contributed by atoms with van der Waals surface area (Å²) < 4.78 is 5.40. The van der Waals surface area contributed by atoms with E-state index in [0.717, 1.165) is 17.1 Å². The van der Waals surface area contributed by atoms with Gasteiger partial charge in [-0.3, -0.25) is 10.2 Å². The first-order valence-corrected chi connectivity index (χ1v) is 9.18. The molecule has 0 saturated heterocycles. The molecule has 10 heteroatoms. The summed E-state index contributed by atoms with van der Waals surface area (Å²) in [4.78, 5) is 19.8. The van der Waals surface area contributed by atoms with Crippen LogP contribution in [0.1, 0.15) is 12.6 Å². The van der Waals surface area contributed by atoms with Gasteiger partial charge in [0.25, 0.3) is 0 Å². The lowest BCUT2D eigenvalue weighted by atomic mass is 10.3. The molecule has 8 nitrogen and oxygen atoms in total. The van der Waals surface area contributed by atoms with Crippen molar-refractivity contribution < 1.29 is 9.53 Å². The standard InChI is InChI=1S/C16H20N6O2S2/c1-3-24-12-6-4-11(5-7-12)19-15(25)20-13-8-10(2)18-16(21-13)26-9-14(23)22-17/h4-8H,3,9,17H2,1-2H3,(H,22,23)(H2,18,19,20,21,25). The van der Waals surface area contributed by atoms with Crippen LogP contribution in [0.2, 0.25) is 0 Å². The zero-order valence-electron chi connectivity index (χ0n) is 14.4. The van der Waals surface area contributed by atoms with Crippen molar-refractivity contribution in [1.82, 2.24) is 15.4 Å². The van der Waals surface area contributed by atoms with Gasteiger partial charge in [0.1, 0.15) is 11.6 Å². The molecule has 2 rings (SSSR count). The Kier molecular flexibility index (Phi) is 7.57. The van der Waals surface area contributed by atoms with E-state index in [4.69, 9.17) is 22.8 Å². The van der Waals surface area contributed by atoms with Crippen molar-refractivity contribution in [3.8, 4) is 5.75 Å². The van der Waals surface area contributed by atoms with Crippen LogP contribution in [0.3, 0.4) is 0 Å². The van der Waals surface area contributed by atoms with Crippen molar-refractivity contribution >= 4 is 46.5 Å². The van der Waals surface area contributed by atoms with Crippen LogP contribution in [0.5, 0.6) is 5.75 Å². The minimum absolute atomic E-state index is 0.133. The minimum atomic E-state index is -0.303. The van der Waals surface area contributed by atoms with Crippen molar-refractivity contribution in [2.24, 2.45) is 5.84 Å². The van der Waals surface area contributed by atoms with Crippen molar-refractivity contribution in [3.63, 3.8) is 0 Å². The number of aryl methyl sites for hydroxylation is 1. The van der Waals surface area contributed by atoms with Gasteiger partial charge in [-0.25, -0.2) is 15.8 Å². The van der Waals surface area contributed by atoms with Gasteiger partial charge in [0, 0.05) is 17.4 Å². The maximum atomic E-state index is 11.2. The fourth-order valence-corrected chi connectivity index (χ4v) is 2.86. The van der Waals surface area contributed by atoms with Crippen LogP contribution in [-0.4, -0.2) is 33.3 Å². The predicted molar refractivity (Wildman–Crippen MR) is 107 cm³/mol. The zero-order chi connectivity index (χ0) is 18.9. The third-order valence-electron chi connectivity index (χ3n) is 2.99. The fraction of sp³-hybridized carbons (Fsp3) is 0.250. The quantitative estimate of drug-likeness (QED) is 0.140. The molecule has 0 aliphatic rings. The summed E-state index contributed by atoms with van der Waals surface area (Å²) in [6.07, 6.45) is 0. The lowest BCUT2D eigenvalue weighted by molar-refractivity contribution is -0.118. The van der Waals surface area contributed by atoms with Gasteiger partial charge in [-0.1, -0.05) is 11.8 Å². The number of carbonyl (C=O) groups is 1. The Morgan fingerprint density at radius 3 is 2.65 bits per heavy atom. The second-order valence-electron chi connectivity index (χ2n) is 5.07. The SMILES string of the molecule is CCOc1ccc(NC(=S)Nc2cc(C)nc(SCC(=O)NN)n2)cc1. The molecule has 1 aromatic heterocycles. The van der Waals surface area contributed by atoms with Gasteiger partial charge >= 0.3 is 0 Å². The molecule has 2 aromatic rings. The highest BCUT2D eigenvalue weighted by Gasteiger charge is 2.07. The van der Waals surface area contributed by atoms with E-state index >= 15 is 0 Å². The molecule has 0 aliphatic heterocycles. The van der Waals surface area contributed by atoms with Gasteiger partial charge in [-0.2, -0.15) is 0 Å². The molecule has 0 saturated carbocycles. The number of rotatable bonds is 7. The number of amides is 1. The Labute approximate surface area is 161 Å². The molecule has 0 fully saturated rings. The average molecular weight is 393 g/mol. The van der Waals surface area contributed by atoms with Crippen LogP contribution in [-0.2, 0) is 4.79 Å². The number of nitrogens with one attached hydrogen (secondary N) is 3. The number of nitrogens with zero attached hydrogens (tertiary/aromatic N) is 2. The molecular formula is C16H20N6O2S2. The third-order valence-corrected chi connectivity index (χ3v) is 4.04. The van der Waals surface area contributed by atoms with Crippen molar-refractivity contribution in [3.05, 3.63) is 36.0 Å². The Morgan fingerprint density at radius 1 is 1.27 bits per heavy atom. The average Bonchev–Trinajstić information content (AvgIpc) is 2.61. The number of ether oxygens (including phenoxy) is 1. The van der Waals surface area contributed by atoms with E-state index in [2.05, 4.69) is 26.0 Å². The number of thiocarbonyl (C=S) groups is 1.